The molecule has 10 atom stereocenters. The zero-order valence-corrected chi connectivity index (χ0v) is 36.4. The molecule has 0 bridgehead atoms. The molecule has 0 unspecified atom stereocenters. The van der Waals surface area contributed by atoms with E-state index in [0.29, 0.717) is 0 Å². The van der Waals surface area contributed by atoms with Crippen LogP contribution in [0.3, 0.4) is 0 Å². The van der Waals surface area contributed by atoms with Gasteiger partial charge < -0.3 is 52.1 Å². The molecular weight excluding hydrogens is 809 g/mol. The molecule has 0 aromatic heterocycles. The molecule has 18 nitrogen and oxygen atoms in total. The van der Waals surface area contributed by atoms with Crippen LogP contribution in [-0.2, 0) is 85.7 Å². The number of hydrogen-bond donors (Lipinski definition) is 0. The number of esters is 7. The number of hydrogen-bond acceptors (Lipinski definition) is 20. The monoisotopic (exact) mass is 868 g/mol. The van der Waals surface area contributed by atoms with Crippen LogP contribution in [0.25, 0.3) is 0 Å². The summed E-state index contributed by atoms with van der Waals surface area (Å²) in [5.74, 6) is -2.11. The van der Waals surface area contributed by atoms with Gasteiger partial charge in [0.2, 0.25) is 0 Å². The van der Waals surface area contributed by atoms with Gasteiger partial charge in [-0.3, -0.25) is 33.6 Å². The summed E-state index contributed by atoms with van der Waals surface area (Å²) in [4.78, 5) is 86.6. The van der Waals surface area contributed by atoms with E-state index >= 15 is 0 Å². The topological polar surface area (TPSA) is 221 Å². The maximum absolute atomic E-state index is 12.8. The number of thioether (sulfide) groups is 2. The first-order valence-corrected chi connectivity index (χ1v) is 21.6. The number of ether oxygens (including phenoxy) is 11. The molecule has 20 heteroatoms. The Morgan fingerprint density at radius 2 is 0.879 bits per heavy atom. The second-order valence-corrected chi connectivity index (χ2v) is 16.0. The number of carbonyl (C=O) groups is 7. The van der Waals surface area contributed by atoms with Crippen molar-refractivity contribution in [3.05, 3.63) is 0 Å². The van der Waals surface area contributed by atoms with E-state index in [0.717, 1.165) is 97.2 Å². The summed E-state index contributed by atoms with van der Waals surface area (Å²) < 4.78 is 63.8. The van der Waals surface area contributed by atoms with E-state index in [1.165, 1.54) is 0 Å². The Labute approximate surface area is 348 Å². The van der Waals surface area contributed by atoms with Gasteiger partial charge in [0.05, 0.1) is 6.61 Å². The molecule has 0 aromatic carbocycles. The zero-order valence-electron chi connectivity index (χ0n) is 34.8. The van der Waals surface area contributed by atoms with Gasteiger partial charge in [0.1, 0.15) is 31.5 Å². The van der Waals surface area contributed by atoms with Crippen molar-refractivity contribution in [2.45, 2.75) is 149 Å². The average Bonchev–Trinajstić information content (AvgIpc) is 3.12. The SMILES string of the molecule is CCCCSCC(CO[C@H]1O[C@H](COC(C)=O)[C@H](O[C@@H]2O[C@H](COC(C)=O)[C@H](OC(C)=O)[C@H](OC(C)=O)[C@H]2OC(C)=O)[C@H](OC(C)=O)[C@H]1OC(C)=O)CSCCCC. The molecule has 2 fully saturated rings. The minimum Gasteiger partial charge on any atom is -0.463 e. The largest absolute Gasteiger partial charge is 0.463 e. The second-order valence-electron chi connectivity index (χ2n) is 13.7. The molecule has 0 aromatic rings. The summed E-state index contributed by atoms with van der Waals surface area (Å²) in [7, 11) is 0. The van der Waals surface area contributed by atoms with E-state index in [4.69, 9.17) is 52.1 Å². The Morgan fingerprint density at radius 1 is 0.500 bits per heavy atom. The second kappa shape index (κ2) is 26.8. The Kier molecular flexibility index (Phi) is 23.6. The van der Waals surface area contributed by atoms with Crippen LogP contribution in [0.15, 0.2) is 0 Å². The van der Waals surface area contributed by atoms with E-state index in [2.05, 4.69) is 13.8 Å². The van der Waals surface area contributed by atoms with Crippen LogP contribution in [-0.4, -0.2) is 146 Å². The van der Waals surface area contributed by atoms with E-state index < -0.39 is 116 Å². The lowest BCUT2D eigenvalue weighted by Crippen LogP contribution is -2.67. The summed E-state index contributed by atoms with van der Waals surface area (Å²) in [6, 6.07) is 0. The van der Waals surface area contributed by atoms with Crippen LogP contribution in [0.2, 0.25) is 0 Å². The Bertz CT molecular complexity index is 1340. The number of rotatable bonds is 24. The van der Waals surface area contributed by atoms with Gasteiger partial charge in [-0.1, -0.05) is 26.7 Å². The van der Waals surface area contributed by atoms with Crippen molar-refractivity contribution < 1.29 is 85.7 Å². The molecule has 332 valence electrons. The van der Waals surface area contributed by atoms with E-state index in [1.807, 2.05) is 0 Å². The highest BCUT2D eigenvalue weighted by atomic mass is 32.2. The summed E-state index contributed by atoms with van der Waals surface area (Å²) in [5.41, 5.74) is 0. The van der Waals surface area contributed by atoms with Crippen molar-refractivity contribution in [3.8, 4) is 0 Å². The van der Waals surface area contributed by atoms with Crippen molar-refractivity contribution >= 4 is 65.3 Å². The normalized spacial score (nSPS) is 26.9. The highest BCUT2D eigenvalue weighted by Gasteiger charge is 2.57. The van der Waals surface area contributed by atoms with Crippen LogP contribution >= 0.6 is 23.5 Å². The molecule has 2 aliphatic heterocycles. The molecule has 0 amide bonds. The first kappa shape index (κ1) is 51.0. The van der Waals surface area contributed by atoms with E-state index in [9.17, 15) is 33.6 Å². The van der Waals surface area contributed by atoms with Gasteiger partial charge in [-0.25, -0.2) is 0 Å². The van der Waals surface area contributed by atoms with Crippen molar-refractivity contribution in [2.75, 3.05) is 42.8 Å². The summed E-state index contributed by atoms with van der Waals surface area (Å²) in [6.45, 7) is 11.1. The minimum absolute atomic E-state index is 0.0519. The standard InChI is InChI=1S/C38H60O18S2/c1-10-12-14-57-19-28(20-58-15-13-11-2)16-48-37-35(52-26(8)44)34(51-25(7)43)32(30(54-37)18-47-22(4)40)56-38-36(53-27(9)45)33(50-24(6)42)31(49-23(5)41)29(55-38)17-46-21(3)39/h28-38H,10-20H2,1-9H3/t29-,30-,31+,32+,33+,34+,35-,36-,37+,38+/m1/s1. The minimum atomic E-state index is -1.77. The van der Waals surface area contributed by atoms with Gasteiger partial charge in [-0.15, -0.1) is 0 Å². The Balaban J connectivity index is 2.66. The van der Waals surface area contributed by atoms with Crippen LogP contribution in [0.5, 0.6) is 0 Å². The third kappa shape index (κ3) is 18.4. The average molecular weight is 869 g/mol. The van der Waals surface area contributed by atoms with Crippen LogP contribution in [0.4, 0.5) is 0 Å². The van der Waals surface area contributed by atoms with Crippen molar-refractivity contribution in [3.63, 3.8) is 0 Å². The highest BCUT2D eigenvalue weighted by Crippen LogP contribution is 2.36. The predicted molar refractivity (Wildman–Crippen MR) is 207 cm³/mol. The van der Waals surface area contributed by atoms with Crippen LogP contribution in [0.1, 0.15) is 88.0 Å². The molecule has 58 heavy (non-hydrogen) atoms. The third-order valence-electron chi connectivity index (χ3n) is 8.37. The smallest absolute Gasteiger partial charge is 0.303 e. The fourth-order valence-corrected chi connectivity index (χ4v) is 8.54. The Morgan fingerprint density at radius 3 is 1.31 bits per heavy atom. The van der Waals surface area contributed by atoms with Gasteiger partial charge >= 0.3 is 41.8 Å². The predicted octanol–water partition coefficient (Wildman–Crippen LogP) is 3.31. The molecule has 2 rings (SSSR count). The zero-order chi connectivity index (χ0) is 43.4. The Hall–Kier alpha value is -3.17. The van der Waals surface area contributed by atoms with Gasteiger partial charge in [-0.2, -0.15) is 23.5 Å². The van der Waals surface area contributed by atoms with Crippen molar-refractivity contribution in [1.82, 2.24) is 0 Å². The summed E-state index contributed by atoms with van der Waals surface area (Å²) in [6.07, 6.45) is -10.9. The molecule has 0 spiro atoms. The quantitative estimate of drug-likeness (QED) is 0.0771. The fourth-order valence-electron chi connectivity index (χ4n) is 5.97. The summed E-state index contributed by atoms with van der Waals surface area (Å²) in [5, 5.41) is 0. The molecular formula is C38H60O18S2. The van der Waals surface area contributed by atoms with Crippen molar-refractivity contribution in [1.29, 1.82) is 0 Å². The maximum Gasteiger partial charge on any atom is 0.303 e. The van der Waals surface area contributed by atoms with E-state index in [1.54, 1.807) is 23.5 Å². The lowest BCUT2D eigenvalue weighted by Gasteiger charge is -2.48. The third-order valence-corrected chi connectivity index (χ3v) is 10.9. The number of unbranched alkanes of at least 4 members (excludes halogenated alkanes) is 2. The van der Waals surface area contributed by atoms with Gasteiger partial charge in [-0.05, 0) is 35.9 Å². The highest BCUT2D eigenvalue weighted by molar-refractivity contribution is 8.00. The van der Waals surface area contributed by atoms with Crippen molar-refractivity contribution in [2.24, 2.45) is 5.92 Å². The molecule has 0 aliphatic carbocycles. The summed E-state index contributed by atoms with van der Waals surface area (Å²) >= 11 is 3.60. The van der Waals surface area contributed by atoms with Crippen LogP contribution in [0, 0.1) is 5.92 Å². The van der Waals surface area contributed by atoms with E-state index in [-0.39, 0.29) is 12.5 Å². The molecule has 2 saturated heterocycles. The van der Waals surface area contributed by atoms with Crippen LogP contribution < -0.4 is 0 Å². The lowest BCUT2D eigenvalue weighted by atomic mass is 9.96. The first-order chi connectivity index (χ1) is 27.5. The van der Waals surface area contributed by atoms with Gasteiger partial charge in [0.15, 0.2) is 43.1 Å². The number of carbonyl (C=O) groups excluding carboxylic acids is 7. The lowest BCUT2D eigenvalue weighted by molar-refractivity contribution is -0.361. The molecule has 2 aliphatic rings. The van der Waals surface area contributed by atoms with Gasteiger partial charge in [0, 0.05) is 54.4 Å². The molecule has 0 radical (unpaired) electrons. The van der Waals surface area contributed by atoms with Gasteiger partial charge in [0.25, 0.3) is 0 Å². The first-order valence-electron chi connectivity index (χ1n) is 19.3. The molecule has 0 saturated carbocycles. The molecule has 2 heterocycles. The fraction of sp³-hybridized carbons (Fsp3) is 0.816. The maximum atomic E-state index is 12.8. The molecule has 0 N–H and O–H groups in total.